The van der Waals surface area contributed by atoms with Crippen LogP contribution in [0.3, 0.4) is 0 Å². The molecule has 1 aromatic carbocycles. The van der Waals surface area contributed by atoms with E-state index >= 15 is 0 Å². The zero-order chi connectivity index (χ0) is 19.7. The van der Waals surface area contributed by atoms with Gasteiger partial charge >= 0.3 is 0 Å². The molecule has 1 aromatic heterocycles. The van der Waals surface area contributed by atoms with Crippen LogP contribution in [-0.4, -0.2) is 24.4 Å². The molecule has 1 saturated carbocycles. The van der Waals surface area contributed by atoms with Crippen molar-refractivity contribution in [1.29, 1.82) is 0 Å². The summed E-state index contributed by atoms with van der Waals surface area (Å²) in [7, 11) is -3.55. The Hall–Kier alpha value is -1.66. The van der Waals surface area contributed by atoms with E-state index in [4.69, 9.17) is 4.52 Å². The minimum atomic E-state index is -3.55. The number of nitrogens with zero attached hydrogens (tertiary/aromatic N) is 2. The van der Waals surface area contributed by atoms with Gasteiger partial charge in [-0.3, -0.25) is 0 Å². The maximum atomic E-state index is 13.3. The largest absolute Gasteiger partial charge is 0.359 e. The van der Waals surface area contributed by atoms with Crippen molar-refractivity contribution >= 4 is 10.0 Å². The summed E-state index contributed by atoms with van der Waals surface area (Å²) in [5, 5.41) is 4.12. The number of aromatic nitrogens is 1. The van der Waals surface area contributed by atoms with Crippen molar-refractivity contribution in [2.75, 3.05) is 6.54 Å². The van der Waals surface area contributed by atoms with Crippen molar-refractivity contribution in [1.82, 2.24) is 9.46 Å². The highest BCUT2D eigenvalue weighted by Gasteiger charge is 2.38. The van der Waals surface area contributed by atoms with Gasteiger partial charge in [0.25, 0.3) is 0 Å². The molecule has 2 aromatic rings. The van der Waals surface area contributed by atoms with Crippen LogP contribution in [0.5, 0.6) is 0 Å². The number of rotatable bonds is 5. The number of sulfonamides is 1. The minimum absolute atomic E-state index is 0.260. The normalized spacial score (nSPS) is 22.2. The van der Waals surface area contributed by atoms with Crippen molar-refractivity contribution in [3.05, 3.63) is 47.3 Å². The zero-order valence-electron chi connectivity index (χ0n) is 16.8. The fourth-order valence-electron chi connectivity index (χ4n) is 4.53. The van der Waals surface area contributed by atoms with Gasteiger partial charge < -0.3 is 4.52 Å². The standard InChI is InChI=1S/C22H30N2O3S/c1-16(2)20-15-22(27-23-20)21-9-6-14-24(21)28(25,26)19-12-10-18(11-13-19)17-7-4-3-5-8-17/h10-13,15-17,21H,3-9,14H2,1-2H3/t21-/m1/s1. The van der Waals surface area contributed by atoms with Crippen LogP contribution in [0.4, 0.5) is 0 Å². The van der Waals surface area contributed by atoms with Crippen LogP contribution >= 0.6 is 0 Å². The third-order valence-electron chi connectivity index (χ3n) is 6.23. The molecule has 0 spiro atoms. The molecule has 0 unspecified atom stereocenters. The zero-order valence-corrected chi connectivity index (χ0v) is 17.6. The summed E-state index contributed by atoms with van der Waals surface area (Å²) >= 11 is 0. The summed E-state index contributed by atoms with van der Waals surface area (Å²) in [5.74, 6) is 1.49. The van der Waals surface area contributed by atoms with E-state index in [-0.39, 0.29) is 12.0 Å². The molecule has 152 valence electrons. The van der Waals surface area contributed by atoms with E-state index in [2.05, 4.69) is 19.0 Å². The Bertz CT molecular complexity index is 896. The first-order valence-electron chi connectivity index (χ1n) is 10.5. The molecular weight excluding hydrogens is 372 g/mol. The first-order chi connectivity index (χ1) is 13.5. The summed E-state index contributed by atoms with van der Waals surface area (Å²) in [4.78, 5) is 0.377. The SMILES string of the molecule is CC(C)c1cc([C@H]2CCCN2S(=O)(=O)c2ccc(C3CCCCC3)cc2)on1. The van der Waals surface area contributed by atoms with Crippen LogP contribution in [0.1, 0.15) is 93.7 Å². The summed E-state index contributed by atoms with van der Waals surface area (Å²) in [5.41, 5.74) is 2.14. The molecule has 5 nitrogen and oxygen atoms in total. The lowest BCUT2D eigenvalue weighted by atomic mass is 9.84. The van der Waals surface area contributed by atoms with Gasteiger partial charge in [0.05, 0.1) is 16.6 Å². The predicted octanol–water partition coefficient (Wildman–Crippen LogP) is 5.37. The first-order valence-corrected chi connectivity index (χ1v) is 12.0. The van der Waals surface area contributed by atoms with Crippen molar-refractivity contribution in [3.63, 3.8) is 0 Å². The molecule has 2 heterocycles. The molecule has 1 atom stereocenters. The van der Waals surface area contributed by atoms with E-state index in [0.717, 1.165) is 18.5 Å². The third kappa shape index (κ3) is 3.77. The van der Waals surface area contributed by atoms with Crippen molar-refractivity contribution < 1.29 is 12.9 Å². The van der Waals surface area contributed by atoms with Gasteiger partial charge in [-0.25, -0.2) is 8.42 Å². The molecule has 28 heavy (non-hydrogen) atoms. The van der Waals surface area contributed by atoms with Crippen LogP contribution in [0.15, 0.2) is 39.8 Å². The maximum absolute atomic E-state index is 13.3. The Morgan fingerprint density at radius 1 is 1.04 bits per heavy atom. The van der Waals surface area contributed by atoms with E-state index < -0.39 is 10.0 Å². The topological polar surface area (TPSA) is 63.4 Å². The summed E-state index contributed by atoms with van der Waals surface area (Å²) in [6.45, 7) is 4.63. The van der Waals surface area contributed by atoms with Gasteiger partial charge in [-0.05, 0) is 55.2 Å². The molecule has 1 saturated heterocycles. The van der Waals surface area contributed by atoms with Gasteiger partial charge in [0.1, 0.15) is 0 Å². The van der Waals surface area contributed by atoms with Crippen molar-refractivity contribution in [3.8, 4) is 0 Å². The highest BCUT2D eigenvalue weighted by Crippen LogP contribution is 2.38. The Kier molecular flexibility index (Phi) is 5.61. The van der Waals surface area contributed by atoms with Crippen LogP contribution in [0, 0.1) is 0 Å². The molecule has 4 rings (SSSR count). The smallest absolute Gasteiger partial charge is 0.243 e. The molecule has 6 heteroatoms. The molecule has 0 bridgehead atoms. The Morgan fingerprint density at radius 3 is 2.39 bits per heavy atom. The molecule has 0 radical (unpaired) electrons. The van der Waals surface area contributed by atoms with Gasteiger partial charge in [0, 0.05) is 12.6 Å². The Morgan fingerprint density at radius 2 is 1.75 bits per heavy atom. The van der Waals surface area contributed by atoms with E-state index in [1.807, 2.05) is 18.2 Å². The predicted molar refractivity (Wildman–Crippen MR) is 109 cm³/mol. The fourth-order valence-corrected chi connectivity index (χ4v) is 6.19. The highest BCUT2D eigenvalue weighted by molar-refractivity contribution is 7.89. The van der Waals surface area contributed by atoms with Crippen LogP contribution < -0.4 is 0 Å². The highest BCUT2D eigenvalue weighted by atomic mass is 32.2. The van der Waals surface area contributed by atoms with Gasteiger partial charge in [0.2, 0.25) is 10.0 Å². The van der Waals surface area contributed by atoms with E-state index in [1.54, 1.807) is 16.4 Å². The maximum Gasteiger partial charge on any atom is 0.243 e. The molecule has 0 N–H and O–H groups in total. The van der Waals surface area contributed by atoms with Gasteiger partial charge in [-0.2, -0.15) is 4.31 Å². The summed E-state index contributed by atoms with van der Waals surface area (Å²) in [6.07, 6.45) is 7.90. The second-order valence-corrected chi connectivity index (χ2v) is 10.4. The summed E-state index contributed by atoms with van der Waals surface area (Å²) < 4.78 is 33.7. The van der Waals surface area contributed by atoms with E-state index in [1.165, 1.54) is 37.7 Å². The number of hydrogen-bond acceptors (Lipinski definition) is 4. The van der Waals surface area contributed by atoms with Crippen molar-refractivity contribution in [2.24, 2.45) is 0 Å². The monoisotopic (exact) mass is 402 g/mol. The lowest BCUT2D eigenvalue weighted by Gasteiger charge is -2.24. The minimum Gasteiger partial charge on any atom is -0.359 e. The van der Waals surface area contributed by atoms with Gasteiger partial charge in [0.15, 0.2) is 5.76 Å². The summed E-state index contributed by atoms with van der Waals surface area (Å²) in [6, 6.07) is 9.25. The average molecular weight is 403 g/mol. The molecule has 0 amide bonds. The molecular formula is C22H30N2O3S. The quantitative estimate of drug-likeness (QED) is 0.674. The third-order valence-corrected chi connectivity index (χ3v) is 8.16. The number of benzene rings is 1. The first kappa shape index (κ1) is 19.6. The lowest BCUT2D eigenvalue weighted by Crippen LogP contribution is -2.30. The van der Waals surface area contributed by atoms with E-state index in [0.29, 0.717) is 23.1 Å². The Labute approximate surface area is 168 Å². The Balaban J connectivity index is 1.56. The van der Waals surface area contributed by atoms with Crippen molar-refractivity contribution in [2.45, 2.75) is 81.6 Å². The van der Waals surface area contributed by atoms with E-state index in [9.17, 15) is 8.42 Å². The second kappa shape index (κ2) is 7.99. The molecule has 2 aliphatic rings. The number of hydrogen-bond donors (Lipinski definition) is 0. The van der Waals surface area contributed by atoms with Crippen LogP contribution in [-0.2, 0) is 10.0 Å². The van der Waals surface area contributed by atoms with Gasteiger partial charge in [-0.1, -0.05) is 50.4 Å². The molecule has 1 aliphatic heterocycles. The average Bonchev–Trinajstić information content (AvgIpc) is 3.38. The molecule has 2 fully saturated rings. The fraction of sp³-hybridized carbons (Fsp3) is 0.591. The second-order valence-electron chi connectivity index (χ2n) is 8.49. The van der Waals surface area contributed by atoms with Gasteiger partial charge in [-0.15, -0.1) is 0 Å². The lowest BCUT2D eigenvalue weighted by molar-refractivity contribution is 0.295. The van der Waals surface area contributed by atoms with Crippen LogP contribution in [0.25, 0.3) is 0 Å². The van der Waals surface area contributed by atoms with Crippen LogP contribution in [0.2, 0.25) is 0 Å². The molecule has 1 aliphatic carbocycles.